The first-order valence-corrected chi connectivity index (χ1v) is 16.0. The van der Waals surface area contributed by atoms with E-state index >= 15 is 0 Å². The van der Waals surface area contributed by atoms with Gasteiger partial charge in [0.05, 0.1) is 19.2 Å². The van der Waals surface area contributed by atoms with Crippen LogP contribution in [0.5, 0.6) is 0 Å². The Balaban J connectivity index is 1.71. The van der Waals surface area contributed by atoms with Gasteiger partial charge in [-0.05, 0) is 41.3 Å². The Bertz CT molecular complexity index is 1750. The number of imidazole rings is 1. The van der Waals surface area contributed by atoms with Crippen LogP contribution in [-0.4, -0.2) is 22.6 Å². The maximum Gasteiger partial charge on any atom is 0.178 e. The first-order valence-electron chi connectivity index (χ1n) is 12.5. The summed E-state index contributed by atoms with van der Waals surface area (Å²) in [5.74, 6) is 0.843. The topological polar surface area (TPSA) is 43.9 Å². The minimum Gasteiger partial charge on any atom is -0.455 e. The predicted octanol–water partition coefficient (Wildman–Crippen LogP) is 7.83. The Morgan fingerprint density at radius 3 is 2.33 bits per heavy atom. The molecule has 0 aliphatic rings. The van der Waals surface area contributed by atoms with Crippen molar-refractivity contribution >= 4 is 46.4 Å². The summed E-state index contributed by atoms with van der Waals surface area (Å²) in [6, 6.07) is 25.6. The fourth-order valence-corrected chi connectivity index (χ4v) is 6.20. The number of aromatic nitrogens is 3. The van der Waals surface area contributed by atoms with Crippen LogP contribution < -0.4 is 5.19 Å². The van der Waals surface area contributed by atoms with Gasteiger partial charge in [0.15, 0.2) is 11.5 Å². The molecule has 0 aliphatic heterocycles. The molecule has 6 aromatic rings. The number of fused-ring (bicyclic) bond motifs is 4. The molecule has 0 saturated carbocycles. The highest BCUT2D eigenvalue weighted by atomic mass is 28.3. The van der Waals surface area contributed by atoms with Crippen molar-refractivity contribution in [2.75, 3.05) is 0 Å². The van der Waals surface area contributed by atoms with Crippen molar-refractivity contribution in [3.05, 3.63) is 84.6 Å². The third-order valence-corrected chi connectivity index (χ3v) is 9.02. The monoisotopic (exact) mass is 489 g/mol. The molecule has 0 atom stereocenters. The van der Waals surface area contributed by atoms with Gasteiger partial charge in [0.2, 0.25) is 0 Å². The van der Waals surface area contributed by atoms with Crippen molar-refractivity contribution in [3.8, 4) is 17.1 Å². The zero-order valence-corrected chi connectivity index (χ0v) is 22.8. The molecule has 6 rings (SSSR count). The van der Waals surface area contributed by atoms with Crippen LogP contribution in [0.3, 0.4) is 0 Å². The number of para-hydroxylation sites is 2. The summed E-state index contributed by atoms with van der Waals surface area (Å²) in [5, 5.41) is 3.65. The van der Waals surface area contributed by atoms with Gasteiger partial charge in [0.25, 0.3) is 0 Å². The number of benzene rings is 3. The summed E-state index contributed by atoms with van der Waals surface area (Å²) in [5.41, 5.74) is 6.77. The molecule has 0 unspecified atom stereocenters. The van der Waals surface area contributed by atoms with Crippen LogP contribution in [0.1, 0.15) is 26.3 Å². The molecule has 0 spiro atoms. The Kier molecular flexibility index (Phi) is 4.99. The van der Waals surface area contributed by atoms with Gasteiger partial charge in [0, 0.05) is 22.7 Å². The lowest BCUT2D eigenvalue weighted by Crippen LogP contribution is -2.37. The molecule has 0 saturated heterocycles. The van der Waals surface area contributed by atoms with Crippen LogP contribution in [-0.2, 0) is 5.41 Å². The van der Waals surface area contributed by atoms with Crippen molar-refractivity contribution in [1.29, 1.82) is 0 Å². The van der Waals surface area contributed by atoms with Crippen LogP contribution in [0.25, 0.3) is 50.2 Å². The molecule has 0 aliphatic carbocycles. The van der Waals surface area contributed by atoms with E-state index in [1.807, 2.05) is 12.3 Å². The number of nitrogens with zero attached hydrogens (tertiary/aromatic N) is 3. The second-order valence-electron chi connectivity index (χ2n) is 11.6. The van der Waals surface area contributed by atoms with Gasteiger partial charge in [-0.2, -0.15) is 0 Å². The number of pyridine rings is 1. The van der Waals surface area contributed by atoms with Crippen molar-refractivity contribution < 1.29 is 4.42 Å². The Morgan fingerprint density at radius 1 is 0.833 bits per heavy atom. The number of hydrogen-bond donors (Lipinski definition) is 0. The van der Waals surface area contributed by atoms with Gasteiger partial charge in [-0.25, -0.2) is 9.97 Å². The lowest BCUT2D eigenvalue weighted by molar-refractivity contribution is 0.593. The molecule has 0 N–H and O–H groups in total. The fraction of sp³-hybridized carbons (Fsp3) is 0.226. The van der Waals surface area contributed by atoms with Gasteiger partial charge in [-0.3, -0.25) is 4.57 Å². The fourth-order valence-electron chi connectivity index (χ4n) is 5.06. The maximum absolute atomic E-state index is 6.61. The van der Waals surface area contributed by atoms with E-state index in [1.165, 1.54) is 10.8 Å². The summed E-state index contributed by atoms with van der Waals surface area (Å²) in [6.07, 6.45) is 1.87. The Morgan fingerprint density at radius 2 is 1.61 bits per heavy atom. The minimum absolute atomic E-state index is 0.0658. The van der Waals surface area contributed by atoms with Crippen LogP contribution in [0.2, 0.25) is 19.6 Å². The second-order valence-corrected chi connectivity index (χ2v) is 16.7. The average Bonchev–Trinajstić information content (AvgIpc) is 3.41. The molecule has 3 heterocycles. The highest BCUT2D eigenvalue weighted by Gasteiger charge is 2.26. The van der Waals surface area contributed by atoms with Crippen LogP contribution >= 0.6 is 0 Å². The molecule has 5 heteroatoms. The SMILES string of the molecule is CC(C)(C)c1ccnc2nc(-c3cccc4c3oc3cc([Si](C)(C)C)ccc34)n(-c3ccccc3)c12. The van der Waals surface area contributed by atoms with E-state index in [4.69, 9.17) is 14.4 Å². The molecular weight excluding hydrogens is 458 g/mol. The van der Waals surface area contributed by atoms with Crippen molar-refractivity contribution in [2.24, 2.45) is 0 Å². The van der Waals surface area contributed by atoms with Gasteiger partial charge in [-0.15, -0.1) is 0 Å². The largest absolute Gasteiger partial charge is 0.455 e. The van der Waals surface area contributed by atoms with Crippen LogP contribution in [0.15, 0.2) is 83.4 Å². The first kappa shape index (κ1) is 22.7. The summed E-state index contributed by atoms with van der Waals surface area (Å²) in [4.78, 5) is 9.80. The summed E-state index contributed by atoms with van der Waals surface area (Å²) in [6.45, 7) is 13.8. The zero-order chi connectivity index (χ0) is 25.2. The van der Waals surface area contributed by atoms with Crippen molar-refractivity contribution in [3.63, 3.8) is 0 Å². The van der Waals surface area contributed by atoms with Crippen LogP contribution in [0.4, 0.5) is 0 Å². The smallest absolute Gasteiger partial charge is 0.178 e. The third kappa shape index (κ3) is 3.57. The first-order chi connectivity index (χ1) is 17.1. The molecule has 180 valence electrons. The normalized spacial score (nSPS) is 12.7. The summed E-state index contributed by atoms with van der Waals surface area (Å²) in [7, 11) is -1.46. The molecule has 0 amide bonds. The lowest BCUT2D eigenvalue weighted by Gasteiger charge is -2.21. The van der Waals surface area contributed by atoms with Gasteiger partial charge in [0.1, 0.15) is 11.2 Å². The Labute approximate surface area is 212 Å². The predicted molar refractivity (Wildman–Crippen MR) is 153 cm³/mol. The van der Waals surface area contributed by atoms with E-state index in [2.05, 4.69) is 112 Å². The molecule has 36 heavy (non-hydrogen) atoms. The quantitative estimate of drug-likeness (QED) is 0.238. The highest BCUT2D eigenvalue weighted by molar-refractivity contribution is 6.88. The lowest BCUT2D eigenvalue weighted by atomic mass is 9.87. The third-order valence-electron chi connectivity index (χ3n) is 6.98. The Hall–Kier alpha value is -3.70. The van der Waals surface area contributed by atoms with Crippen LogP contribution in [0, 0.1) is 0 Å². The number of rotatable bonds is 3. The number of hydrogen-bond acceptors (Lipinski definition) is 3. The summed E-state index contributed by atoms with van der Waals surface area (Å²) >= 11 is 0. The van der Waals surface area contributed by atoms with E-state index in [0.717, 1.165) is 50.2 Å². The van der Waals surface area contributed by atoms with E-state index in [0.29, 0.717) is 0 Å². The number of furan rings is 1. The van der Waals surface area contributed by atoms with E-state index in [-0.39, 0.29) is 5.41 Å². The molecule has 4 nitrogen and oxygen atoms in total. The average molecular weight is 490 g/mol. The minimum atomic E-state index is -1.46. The molecule has 0 radical (unpaired) electrons. The van der Waals surface area contributed by atoms with E-state index in [1.54, 1.807) is 0 Å². The van der Waals surface area contributed by atoms with Crippen molar-refractivity contribution in [2.45, 2.75) is 45.8 Å². The van der Waals surface area contributed by atoms with E-state index in [9.17, 15) is 0 Å². The van der Waals surface area contributed by atoms with E-state index < -0.39 is 8.07 Å². The zero-order valence-electron chi connectivity index (χ0n) is 21.8. The molecule has 0 fully saturated rings. The highest BCUT2D eigenvalue weighted by Crippen LogP contribution is 2.39. The van der Waals surface area contributed by atoms with Gasteiger partial charge in [-0.1, -0.05) is 88.1 Å². The second kappa shape index (κ2) is 7.90. The van der Waals surface area contributed by atoms with Gasteiger partial charge >= 0.3 is 0 Å². The molecular formula is C31H31N3OSi. The molecule has 3 aromatic carbocycles. The standard InChI is InChI=1S/C31H31N3OSi/c1-31(2,3)25-17-18-32-29-27(25)34(20-11-8-7-9-12-20)30(33-29)24-14-10-13-23-22-16-15-21(36(4,5)6)19-26(22)35-28(23)24/h7-19H,1-6H3. The molecule has 0 bridgehead atoms. The maximum atomic E-state index is 6.61. The van der Waals surface area contributed by atoms with Gasteiger partial charge < -0.3 is 4.42 Å². The van der Waals surface area contributed by atoms with Crippen molar-refractivity contribution in [1.82, 2.24) is 14.5 Å². The molecule has 3 aromatic heterocycles. The summed E-state index contributed by atoms with van der Waals surface area (Å²) < 4.78 is 8.86.